The molecule has 6 heteroatoms. The molecule has 0 saturated heterocycles. The molecular weight excluding hydrogens is 500 g/mol. The lowest BCUT2D eigenvalue weighted by Crippen LogP contribution is -2.61. The van der Waals surface area contributed by atoms with E-state index in [0.29, 0.717) is 11.5 Å². The van der Waals surface area contributed by atoms with Crippen LogP contribution in [0.15, 0.2) is 24.3 Å². The van der Waals surface area contributed by atoms with Crippen molar-refractivity contribution in [3.05, 3.63) is 24.3 Å². The molecule has 4 saturated carbocycles. The molecule has 2 amide bonds. The largest absolute Gasteiger partial charge is 0.473 e. The Hall–Kier alpha value is -2.24. The van der Waals surface area contributed by atoms with Crippen molar-refractivity contribution < 1.29 is 19.1 Å². The first-order valence-electron chi connectivity index (χ1n) is 16.6. The van der Waals surface area contributed by atoms with E-state index in [1.807, 2.05) is 24.3 Å². The van der Waals surface area contributed by atoms with Crippen LogP contribution >= 0.6 is 0 Å². The second kappa shape index (κ2) is 13.2. The summed E-state index contributed by atoms with van der Waals surface area (Å²) >= 11 is 0. The summed E-state index contributed by atoms with van der Waals surface area (Å²) in [6.07, 6.45) is 21.2. The van der Waals surface area contributed by atoms with Crippen LogP contribution in [-0.4, -0.2) is 23.0 Å². The van der Waals surface area contributed by atoms with Gasteiger partial charge in [0.25, 0.3) is 11.8 Å². The Morgan fingerprint density at radius 2 is 0.750 bits per heavy atom. The van der Waals surface area contributed by atoms with Crippen LogP contribution in [0.2, 0.25) is 0 Å². The minimum Gasteiger partial charge on any atom is -0.473 e. The van der Waals surface area contributed by atoms with Crippen LogP contribution in [0.25, 0.3) is 0 Å². The predicted molar refractivity (Wildman–Crippen MR) is 158 cm³/mol. The number of para-hydroxylation sites is 2. The first kappa shape index (κ1) is 29.3. The van der Waals surface area contributed by atoms with Crippen molar-refractivity contribution in [1.29, 1.82) is 0 Å². The molecular formula is C34H52N2O4. The van der Waals surface area contributed by atoms with Gasteiger partial charge in [0.1, 0.15) is 0 Å². The SMILES string of the molecule is NC(=O)C(Oc1ccccc1OC(C(N)=O)(C1CCCCC1)C1CCCCC1)(C1CCCCC1)C1CCCCC1. The maximum atomic E-state index is 13.6. The summed E-state index contributed by atoms with van der Waals surface area (Å²) < 4.78 is 14.0. The van der Waals surface area contributed by atoms with Crippen LogP contribution in [0, 0.1) is 23.7 Å². The summed E-state index contributed by atoms with van der Waals surface area (Å²) in [5.41, 5.74) is 10.6. The third-order valence-electron chi connectivity index (χ3n) is 11.0. The fourth-order valence-corrected chi connectivity index (χ4v) is 9.01. The monoisotopic (exact) mass is 552 g/mol. The highest BCUT2D eigenvalue weighted by Gasteiger charge is 2.55. The van der Waals surface area contributed by atoms with Crippen molar-refractivity contribution in [2.45, 2.75) is 140 Å². The van der Waals surface area contributed by atoms with Crippen LogP contribution in [0.1, 0.15) is 128 Å². The number of nitrogens with two attached hydrogens (primary N) is 2. The molecule has 0 aromatic heterocycles. The van der Waals surface area contributed by atoms with Gasteiger partial charge in [-0.05, 0) is 63.5 Å². The summed E-state index contributed by atoms with van der Waals surface area (Å²) in [6.45, 7) is 0. The average Bonchev–Trinajstić information content (AvgIpc) is 3.00. The number of amides is 2. The molecule has 1 aromatic rings. The van der Waals surface area contributed by atoms with Crippen molar-refractivity contribution in [3.63, 3.8) is 0 Å². The van der Waals surface area contributed by atoms with Crippen LogP contribution in [0.3, 0.4) is 0 Å². The Labute approximate surface area is 241 Å². The summed E-state index contributed by atoms with van der Waals surface area (Å²) in [7, 11) is 0. The molecule has 4 aliphatic carbocycles. The van der Waals surface area contributed by atoms with Crippen LogP contribution in [0.4, 0.5) is 0 Å². The summed E-state index contributed by atoms with van der Waals surface area (Å²) in [4.78, 5) is 27.2. The highest BCUT2D eigenvalue weighted by atomic mass is 16.6. The van der Waals surface area contributed by atoms with Gasteiger partial charge in [0, 0.05) is 23.7 Å². The topological polar surface area (TPSA) is 105 Å². The van der Waals surface area contributed by atoms with Gasteiger partial charge in [-0.3, -0.25) is 9.59 Å². The maximum absolute atomic E-state index is 13.6. The number of ether oxygens (including phenoxy) is 2. The first-order valence-corrected chi connectivity index (χ1v) is 16.6. The molecule has 4 N–H and O–H groups in total. The number of primary amides is 2. The predicted octanol–water partition coefficient (Wildman–Crippen LogP) is 7.21. The van der Waals surface area contributed by atoms with E-state index in [2.05, 4.69) is 0 Å². The molecule has 0 atom stereocenters. The number of benzene rings is 1. The molecule has 6 nitrogen and oxygen atoms in total. The van der Waals surface area contributed by atoms with Crippen LogP contribution in [0.5, 0.6) is 11.5 Å². The molecule has 40 heavy (non-hydrogen) atoms. The third kappa shape index (κ3) is 5.74. The molecule has 222 valence electrons. The van der Waals surface area contributed by atoms with E-state index in [-0.39, 0.29) is 35.5 Å². The van der Waals surface area contributed by atoms with Crippen molar-refractivity contribution in [1.82, 2.24) is 0 Å². The van der Waals surface area contributed by atoms with E-state index in [1.54, 1.807) is 0 Å². The maximum Gasteiger partial charge on any atom is 0.262 e. The Bertz CT molecular complexity index is 870. The molecule has 0 aliphatic heterocycles. The second-order valence-corrected chi connectivity index (χ2v) is 13.3. The second-order valence-electron chi connectivity index (χ2n) is 13.3. The highest BCUT2D eigenvalue weighted by molar-refractivity contribution is 5.86. The van der Waals surface area contributed by atoms with Crippen molar-refractivity contribution in [2.75, 3.05) is 0 Å². The van der Waals surface area contributed by atoms with Gasteiger partial charge in [-0.25, -0.2) is 0 Å². The molecule has 0 radical (unpaired) electrons. The van der Waals surface area contributed by atoms with Gasteiger partial charge >= 0.3 is 0 Å². The lowest BCUT2D eigenvalue weighted by atomic mass is 9.65. The number of hydrogen-bond donors (Lipinski definition) is 2. The van der Waals surface area contributed by atoms with Gasteiger partial charge in [-0.2, -0.15) is 0 Å². The summed E-state index contributed by atoms with van der Waals surface area (Å²) in [5.74, 6) is 0.744. The number of rotatable bonds is 10. The third-order valence-corrected chi connectivity index (χ3v) is 11.0. The molecule has 4 fully saturated rings. The molecule has 5 rings (SSSR count). The zero-order valence-electron chi connectivity index (χ0n) is 24.5. The van der Waals surface area contributed by atoms with E-state index in [4.69, 9.17) is 20.9 Å². The number of carbonyl (C=O) groups excluding carboxylic acids is 2. The van der Waals surface area contributed by atoms with E-state index in [9.17, 15) is 9.59 Å². The Balaban J connectivity index is 1.55. The molecule has 4 aliphatic rings. The van der Waals surface area contributed by atoms with E-state index in [0.717, 1.165) is 103 Å². The number of hydrogen-bond acceptors (Lipinski definition) is 4. The molecule has 1 aromatic carbocycles. The van der Waals surface area contributed by atoms with Crippen LogP contribution < -0.4 is 20.9 Å². The normalized spacial score (nSPS) is 23.0. The molecule has 0 bridgehead atoms. The van der Waals surface area contributed by atoms with Crippen molar-refractivity contribution in [3.8, 4) is 11.5 Å². The lowest BCUT2D eigenvalue weighted by Gasteiger charge is -2.48. The van der Waals surface area contributed by atoms with Gasteiger partial charge in [0.2, 0.25) is 0 Å². The molecule has 0 spiro atoms. The van der Waals surface area contributed by atoms with Gasteiger partial charge in [0.05, 0.1) is 0 Å². The van der Waals surface area contributed by atoms with Gasteiger partial charge in [0.15, 0.2) is 22.7 Å². The fourth-order valence-electron chi connectivity index (χ4n) is 9.01. The van der Waals surface area contributed by atoms with Crippen LogP contribution in [-0.2, 0) is 9.59 Å². The quantitative estimate of drug-likeness (QED) is 0.320. The van der Waals surface area contributed by atoms with Crippen molar-refractivity contribution in [2.24, 2.45) is 35.1 Å². The highest BCUT2D eigenvalue weighted by Crippen LogP contribution is 2.50. The smallest absolute Gasteiger partial charge is 0.262 e. The molecule has 0 heterocycles. The Morgan fingerprint density at radius 3 is 0.975 bits per heavy atom. The Morgan fingerprint density at radius 1 is 0.500 bits per heavy atom. The number of carbonyl (C=O) groups is 2. The Kier molecular flexibility index (Phi) is 9.63. The van der Waals surface area contributed by atoms with Gasteiger partial charge in [-0.1, -0.05) is 89.2 Å². The fraction of sp³-hybridized carbons (Fsp3) is 0.765. The van der Waals surface area contributed by atoms with E-state index in [1.165, 1.54) is 25.7 Å². The van der Waals surface area contributed by atoms with Crippen molar-refractivity contribution >= 4 is 11.8 Å². The standard InChI is InChI=1S/C34H52N2O4/c35-31(37)33(25-15-5-1-6-16-25,26-17-7-2-8-18-26)39-29-23-13-14-24-30(29)40-34(32(36)38,27-19-9-3-10-20-27)28-21-11-4-12-22-28/h13-14,23-28H,1-12,15-22H2,(H2,35,37)(H2,36,38). The summed E-state index contributed by atoms with van der Waals surface area (Å²) in [6, 6.07) is 7.68. The van der Waals surface area contributed by atoms with E-state index < -0.39 is 11.2 Å². The van der Waals surface area contributed by atoms with E-state index >= 15 is 0 Å². The minimum atomic E-state index is -1.06. The average molecular weight is 553 g/mol. The van der Waals surface area contributed by atoms with Gasteiger partial charge < -0.3 is 20.9 Å². The summed E-state index contributed by atoms with van der Waals surface area (Å²) in [5, 5.41) is 0. The zero-order valence-corrected chi connectivity index (χ0v) is 24.5. The van der Waals surface area contributed by atoms with Gasteiger partial charge in [-0.15, -0.1) is 0 Å². The zero-order chi connectivity index (χ0) is 28.0. The first-order chi connectivity index (χ1) is 19.5. The lowest BCUT2D eigenvalue weighted by molar-refractivity contribution is -0.154. The molecule has 0 unspecified atom stereocenters. The minimum absolute atomic E-state index is 0.0903.